The number of fused-ring (bicyclic) bond motifs is 1. The number of benzene rings is 1. The molecule has 1 amide bonds. The van der Waals surface area contributed by atoms with Crippen molar-refractivity contribution in [3.63, 3.8) is 0 Å². The predicted octanol–water partition coefficient (Wildman–Crippen LogP) is 2.06. The highest BCUT2D eigenvalue weighted by Gasteiger charge is 2.25. The number of aryl methyl sites for hydroxylation is 1. The first kappa shape index (κ1) is 18.8. The van der Waals surface area contributed by atoms with Crippen molar-refractivity contribution in [3.8, 4) is 5.88 Å². The lowest BCUT2D eigenvalue weighted by Gasteiger charge is -2.35. The van der Waals surface area contributed by atoms with Crippen LogP contribution in [0.25, 0.3) is 10.9 Å². The molecule has 0 bridgehead atoms. The number of anilines is 1. The molecule has 2 aliphatic heterocycles. The number of rotatable bonds is 4. The van der Waals surface area contributed by atoms with Gasteiger partial charge in [0.25, 0.3) is 5.91 Å². The van der Waals surface area contributed by atoms with Gasteiger partial charge in [0.2, 0.25) is 5.88 Å². The highest BCUT2D eigenvalue weighted by molar-refractivity contribution is 5.92. The Morgan fingerprint density at radius 3 is 2.77 bits per heavy atom. The van der Waals surface area contributed by atoms with E-state index in [2.05, 4.69) is 32.2 Å². The molecule has 4 heterocycles. The third-order valence-corrected chi connectivity index (χ3v) is 5.53. The molecule has 1 atom stereocenters. The minimum atomic E-state index is -0.0899. The van der Waals surface area contributed by atoms with Gasteiger partial charge in [0, 0.05) is 44.4 Å². The summed E-state index contributed by atoms with van der Waals surface area (Å²) in [6.07, 6.45) is 2.43. The zero-order chi connectivity index (χ0) is 20.5. The Morgan fingerprint density at radius 1 is 1.17 bits per heavy atom. The topological polar surface area (TPSA) is 93.8 Å². The lowest BCUT2D eigenvalue weighted by atomic mass is 10.1. The Balaban J connectivity index is 1.31. The number of ether oxygens (including phenoxy) is 2. The second kappa shape index (κ2) is 7.91. The minimum Gasteiger partial charge on any atom is -0.471 e. The summed E-state index contributed by atoms with van der Waals surface area (Å²) in [6, 6.07) is 7.78. The number of hydrogen-bond acceptors (Lipinski definition) is 8. The van der Waals surface area contributed by atoms with Gasteiger partial charge in [-0.1, -0.05) is 5.16 Å². The number of amides is 1. The summed E-state index contributed by atoms with van der Waals surface area (Å²) in [7, 11) is 0. The summed E-state index contributed by atoms with van der Waals surface area (Å²) in [4.78, 5) is 25.4. The maximum absolute atomic E-state index is 12.6. The van der Waals surface area contributed by atoms with E-state index < -0.39 is 0 Å². The number of carbonyl (C=O) groups excluding carboxylic acids is 1. The number of nitrogens with zero attached hydrogens (tertiary/aromatic N) is 5. The molecular weight excluding hydrogens is 386 g/mol. The van der Waals surface area contributed by atoms with Crippen LogP contribution in [0.4, 0.5) is 5.69 Å². The van der Waals surface area contributed by atoms with Crippen LogP contribution in [0.5, 0.6) is 5.88 Å². The molecule has 0 saturated carbocycles. The van der Waals surface area contributed by atoms with Crippen LogP contribution in [0.3, 0.4) is 0 Å². The molecule has 2 saturated heterocycles. The largest absolute Gasteiger partial charge is 0.471 e. The van der Waals surface area contributed by atoms with E-state index >= 15 is 0 Å². The van der Waals surface area contributed by atoms with Crippen molar-refractivity contribution < 1.29 is 18.8 Å². The molecule has 2 aromatic heterocycles. The van der Waals surface area contributed by atoms with Crippen molar-refractivity contribution in [1.29, 1.82) is 0 Å². The molecule has 0 spiro atoms. The summed E-state index contributed by atoms with van der Waals surface area (Å²) in [5.74, 6) is 1.14. The van der Waals surface area contributed by atoms with Crippen LogP contribution in [0.2, 0.25) is 0 Å². The van der Waals surface area contributed by atoms with Gasteiger partial charge in [0.05, 0.1) is 24.1 Å². The van der Waals surface area contributed by atoms with Gasteiger partial charge in [-0.3, -0.25) is 4.79 Å². The average Bonchev–Trinajstić information content (AvgIpc) is 3.45. The van der Waals surface area contributed by atoms with E-state index in [0.29, 0.717) is 37.0 Å². The summed E-state index contributed by atoms with van der Waals surface area (Å²) < 4.78 is 16.5. The second-order valence-corrected chi connectivity index (χ2v) is 7.59. The van der Waals surface area contributed by atoms with Crippen molar-refractivity contribution in [2.24, 2.45) is 0 Å². The van der Waals surface area contributed by atoms with Crippen LogP contribution in [0.15, 0.2) is 35.1 Å². The molecular formula is C21H23N5O4. The average molecular weight is 409 g/mol. The minimum absolute atomic E-state index is 0.0291. The lowest BCUT2D eigenvalue weighted by Crippen LogP contribution is -2.48. The molecule has 1 aromatic carbocycles. The van der Waals surface area contributed by atoms with Crippen LogP contribution in [0.1, 0.15) is 22.7 Å². The fraction of sp³-hybridized carbons (Fsp3) is 0.429. The first-order valence-electron chi connectivity index (χ1n) is 10.1. The normalized spacial score (nSPS) is 19.4. The van der Waals surface area contributed by atoms with Crippen LogP contribution in [-0.2, 0) is 4.74 Å². The van der Waals surface area contributed by atoms with Crippen molar-refractivity contribution in [3.05, 3.63) is 42.0 Å². The molecule has 0 N–H and O–H groups in total. The maximum Gasteiger partial charge on any atom is 0.276 e. The molecule has 3 aromatic rings. The Bertz CT molecular complexity index is 1050. The summed E-state index contributed by atoms with van der Waals surface area (Å²) in [5.41, 5.74) is 2.27. The first-order chi connectivity index (χ1) is 14.7. The molecule has 9 nitrogen and oxygen atoms in total. The molecule has 9 heteroatoms. The van der Waals surface area contributed by atoms with Crippen LogP contribution in [-0.4, -0.2) is 71.4 Å². The van der Waals surface area contributed by atoms with E-state index in [1.807, 2.05) is 11.0 Å². The van der Waals surface area contributed by atoms with Crippen molar-refractivity contribution in [2.45, 2.75) is 19.4 Å². The summed E-state index contributed by atoms with van der Waals surface area (Å²) >= 11 is 0. The fourth-order valence-electron chi connectivity index (χ4n) is 3.87. The van der Waals surface area contributed by atoms with E-state index in [4.69, 9.17) is 14.0 Å². The summed E-state index contributed by atoms with van der Waals surface area (Å²) in [6.45, 7) is 5.79. The van der Waals surface area contributed by atoms with E-state index in [1.54, 1.807) is 13.0 Å². The number of aromatic nitrogens is 3. The summed E-state index contributed by atoms with van der Waals surface area (Å²) in [5, 5.41) is 4.72. The Labute approximate surface area is 173 Å². The van der Waals surface area contributed by atoms with Crippen LogP contribution in [0, 0.1) is 6.92 Å². The van der Waals surface area contributed by atoms with E-state index in [9.17, 15) is 4.79 Å². The van der Waals surface area contributed by atoms with Gasteiger partial charge in [0.1, 0.15) is 18.2 Å². The Morgan fingerprint density at radius 2 is 2.03 bits per heavy atom. The number of carbonyl (C=O) groups is 1. The SMILES string of the molecule is Cc1cc(C(=O)N2CCN(c3ccc4ncnc(OC5CCOC5)c4c3)CC2)no1. The second-order valence-electron chi connectivity index (χ2n) is 7.59. The zero-order valence-corrected chi connectivity index (χ0v) is 16.8. The van der Waals surface area contributed by atoms with Crippen molar-refractivity contribution in [1.82, 2.24) is 20.0 Å². The predicted molar refractivity (Wildman–Crippen MR) is 109 cm³/mol. The highest BCUT2D eigenvalue weighted by atomic mass is 16.5. The van der Waals surface area contributed by atoms with Crippen LogP contribution >= 0.6 is 0 Å². The quantitative estimate of drug-likeness (QED) is 0.646. The molecule has 5 rings (SSSR count). The fourth-order valence-corrected chi connectivity index (χ4v) is 3.87. The molecule has 30 heavy (non-hydrogen) atoms. The van der Waals surface area contributed by atoms with Crippen LogP contribution < -0.4 is 9.64 Å². The third kappa shape index (κ3) is 3.68. The van der Waals surface area contributed by atoms with Gasteiger partial charge in [-0.15, -0.1) is 0 Å². The molecule has 2 aliphatic rings. The highest BCUT2D eigenvalue weighted by Crippen LogP contribution is 2.29. The molecule has 0 aliphatic carbocycles. The number of hydrogen-bond donors (Lipinski definition) is 0. The van der Waals surface area contributed by atoms with E-state index in [1.165, 1.54) is 6.33 Å². The van der Waals surface area contributed by atoms with E-state index in [0.717, 1.165) is 42.7 Å². The number of piperazine rings is 1. The first-order valence-corrected chi connectivity index (χ1v) is 10.1. The van der Waals surface area contributed by atoms with E-state index in [-0.39, 0.29) is 12.0 Å². The smallest absolute Gasteiger partial charge is 0.276 e. The lowest BCUT2D eigenvalue weighted by molar-refractivity contribution is 0.0736. The van der Waals surface area contributed by atoms with Gasteiger partial charge in [-0.2, -0.15) is 0 Å². The monoisotopic (exact) mass is 409 g/mol. The molecule has 0 radical (unpaired) electrons. The Hall–Kier alpha value is -3.20. The van der Waals surface area contributed by atoms with Crippen molar-refractivity contribution in [2.75, 3.05) is 44.3 Å². The Kier molecular flexibility index (Phi) is 4.96. The zero-order valence-electron chi connectivity index (χ0n) is 16.8. The standard InChI is InChI=1S/C21H23N5O4/c1-14-10-19(24-30-14)21(27)26-7-5-25(6-8-26)15-2-3-18-17(11-15)20(23-13-22-18)29-16-4-9-28-12-16/h2-3,10-11,13,16H,4-9,12H2,1H3. The maximum atomic E-state index is 12.6. The van der Waals surface area contributed by atoms with Gasteiger partial charge in [0.15, 0.2) is 5.69 Å². The molecule has 1 unspecified atom stereocenters. The van der Waals surface area contributed by atoms with Gasteiger partial charge < -0.3 is 23.8 Å². The van der Waals surface area contributed by atoms with Gasteiger partial charge >= 0.3 is 0 Å². The van der Waals surface area contributed by atoms with Crippen molar-refractivity contribution >= 4 is 22.5 Å². The van der Waals surface area contributed by atoms with Gasteiger partial charge in [-0.05, 0) is 25.1 Å². The molecule has 2 fully saturated rings. The third-order valence-electron chi connectivity index (χ3n) is 5.53. The van der Waals surface area contributed by atoms with Gasteiger partial charge in [-0.25, -0.2) is 9.97 Å². The molecule has 156 valence electrons.